The van der Waals surface area contributed by atoms with Crippen molar-refractivity contribution in [2.45, 2.75) is 38.0 Å². The predicted molar refractivity (Wildman–Crippen MR) is 107 cm³/mol. The van der Waals surface area contributed by atoms with Crippen molar-refractivity contribution in [3.05, 3.63) is 101 Å². The zero-order valence-electron chi connectivity index (χ0n) is 14.6. The average molecular weight is 327 g/mol. The minimum absolute atomic E-state index is 0.263. The fraction of sp³-hybridized carbons (Fsp3) is 0.250. The van der Waals surface area contributed by atoms with Gasteiger partial charge in [0, 0.05) is 11.6 Å². The molecular formula is C24H25N. The van der Waals surface area contributed by atoms with Crippen LogP contribution in [0.15, 0.2) is 89.7 Å². The van der Waals surface area contributed by atoms with E-state index in [1.807, 2.05) is 0 Å². The van der Waals surface area contributed by atoms with Crippen LogP contribution in [0.5, 0.6) is 0 Å². The molecule has 1 unspecified atom stereocenters. The molecule has 2 N–H and O–H groups in total. The molecule has 25 heavy (non-hydrogen) atoms. The van der Waals surface area contributed by atoms with Crippen LogP contribution in [0.3, 0.4) is 0 Å². The molecule has 0 aromatic heterocycles. The molecule has 0 saturated heterocycles. The molecule has 126 valence electrons. The highest BCUT2D eigenvalue weighted by molar-refractivity contribution is 5.77. The van der Waals surface area contributed by atoms with Gasteiger partial charge in [-0.1, -0.05) is 72.9 Å². The first-order chi connectivity index (χ1) is 12.3. The van der Waals surface area contributed by atoms with Crippen molar-refractivity contribution in [3.8, 4) is 0 Å². The Kier molecular flexibility index (Phi) is 4.56. The molecule has 3 aliphatic carbocycles. The van der Waals surface area contributed by atoms with Crippen molar-refractivity contribution >= 4 is 5.57 Å². The molecule has 0 fully saturated rings. The second kappa shape index (κ2) is 7.14. The maximum Gasteiger partial charge on any atom is 0.0282 e. The maximum atomic E-state index is 6.71. The minimum atomic E-state index is 0.263. The number of nitrogens with two attached hydrogens (primary N) is 1. The Bertz CT molecular complexity index is 843. The van der Waals surface area contributed by atoms with Gasteiger partial charge >= 0.3 is 0 Å². The highest BCUT2D eigenvalue weighted by Crippen LogP contribution is 2.39. The van der Waals surface area contributed by atoms with Gasteiger partial charge in [0.1, 0.15) is 0 Å². The van der Waals surface area contributed by atoms with Crippen LogP contribution in [-0.4, -0.2) is 0 Å². The first kappa shape index (κ1) is 16.0. The van der Waals surface area contributed by atoms with E-state index < -0.39 is 0 Å². The molecule has 0 radical (unpaired) electrons. The monoisotopic (exact) mass is 327 g/mol. The standard InChI is InChI=1S/C24H25N/c25-24-21(19-12-5-2-6-13-19)16-9-17-23(24)22-15-8-7-14-20(22)18-10-3-1-4-11-18/h2-3,5,7-12,14-16,23H,1,4,6,13,17,25H2. The van der Waals surface area contributed by atoms with Crippen molar-refractivity contribution in [3.63, 3.8) is 0 Å². The summed E-state index contributed by atoms with van der Waals surface area (Å²) in [5.74, 6) is 0.263. The van der Waals surface area contributed by atoms with E-state index in [0.717, 1.165) is 37.8 Å². The quantitative estimate of drug-likeness (QED) is 0.729. The Labute approximate surface area is 150 Å². The third-order valence-electron chi connectivity index (χ3n) is 5.34. The normalized spacial score (nSPS) is 22.8. The van der Waals surface area contributed by atoms with Gasteiger partial charge in [0.2, 0.25) is 0 Å². The minimum Gasteiger partial charge on any atom is -0.401 e. The summed E-state index contributed by atoms with van der Waals surface area (Å²) in [4.78, 5) is 0. The zero-order valence-corrected chi connectivity index (χ0v) is 14.6. The summed E-state index contributed by atoms with van der Waals surface area (Å²) in [5.41, 5.74) is 14.4. The van der Waals surface area contributed by atoms with Crippen LogP contribution < -0.4 is 5.73 Å². The summed E-state index contributed by atoms with van der Waals surface area (Å²) in [6, 6.07) is 8.77. The molecule has 0 bridgehead atoms. The van der Waals surface area contributed by atoms with Gasteiger partial charge in [-0.25, -0.2) is 0 Å². The maximum absolute atomic E-state index is 6.71. The lowest BCUT2D eigenvalue weighted by Crippen LogP contribution is -2.17. The molecule has 4 rings (SSSR count). The lowest BCUT2D eigenvalue weighted by atomic mass is 9.80. The van der Waals surface area contributed by atoms with Gasteiger partial charge in [-0.05, 0) is 60.0 Å². The van der Waals surface area contributed by atoms with Crippen molar-refractivity contribution in [1.82, 2.24) is 0 Å². The van der Waals surface area contributed by atoms with E-state index in [0.29, 0.717) is 0 Å². The molecule has 1 aromatic rings. The summed E-state index contributed by atoms with van der Waals surface area (Å²) >= 11 is 0. The summed E-state index contributed by atoms with van der Waals surface area (Å²) in [5, 5.41) is 0. The summed E-state index contributed by atoms with van der Waals surface area (Å²) < 4.78 is 0. The third kappa shape index (κ3) is 3.19. The number of hydrogen-bond donors (Lipinski definition) is 1. The average Bonchev–Trinajstić information content (AvgIpc) is 2.70. The Morgan fingerprint density at radius 2 is 1.84 bits per heavy atom. The number of rotatable bonds is 3. The Morgan fingerprint density at radius 1 is 0.920 bits per heavy atom. The van der Waals surface area contributed by atoms with E-state index >= 15 is 0 Å². The molecule has 0 aliphatic heterocycles. The third-order valence-corrected chi connectivity index (χ3v) is 5.34. The van der Waals surface area contributed by atoms with Crippen molar-refractivity contribution < 1.29 is 0 Å². The molecule has 1 heteroatoms. The van der Waals surface area contributed by atoms with Crippen LogP contribution in [0.25, 0.3) is 5.57 Å². The van der Waals surface area contributed by atoms with Crippen LogP contribution in [0, 0.1) is 0 Å². The van der Waals surface area contributed by atoms with Crippen LogP contribution >= 0.6 is 0 Å². The van der Waals surface area contributed by atoms with Crippen LogP contribution in [-0.2, 0) is 0 Å². The highest BCUT2D eigenvalue weighted by atomic mass is 14.6. The number of benzene rings is 1. The van der Waals surface area contributed by atoms with Crippen molar-refractivity contribution in [1.29, 1.82) is 0 Å². The Balaban J connectivity index is 1.75. The summed E-state index contributed by atoms with van der Waals surface area (Å²) in [6.45, 7) is 0. The zero-order chi connectivity index (χ0) is 17.1. The first-order valence-corrected chi connectivity index (χ1v) is 9.33. The van der Waals surface area contributed by atoms with Crippen LogP contribution in [0.4, 0.5) is 0 Å². The van der Waals surface area contributed by atoms with E-state index in [1.54, 1.807) is 0 Å². The van der Waals surface area contributed by atoms with E-state index in [-0.39, 0.29) is 5.92 Å². The molecule has 3 aliphatic rings. The number of allylic oxidation sites excluding steroid dienone is 12. The van der Waals surface area contributed by atoms with E-state index in [9.17, 15) is 0 Å². The van der Waals surface area contributed by atoms with E-state index in [1.165, 1.54) is 27.8 Å². The largest absolute Gasteiger partial charge is 0.401 e. The first-order valence-electron chi connectivity index (χ1n) is 9.33. The summed E-state index contributed by atoms with van der Waals surface area (Å²) in [7, 11) is 0. The lowest BCUT2D eigenvalue weighted by molar-refractivity contribution is 0.768. The molecule has 0 heterocycles. The molecule has 1 aromatic carbocycles. The molecule has 0 saturated carbocycles. The van der Waals surface area contributed by atoms with Gasteiger partial charge in [0.15, 0.2) is 0 Å². The predicted octanol–water partition coefficient (Wildman–Crippen LogP) is 5.95. The lowest BCUT2D eigenvalue weighted by Gasteiger charge is -2.27. The van der Waals surface area contributed by atoms with E-state index in [4.69, 9.17) is 5.73 Å². The van der Waals surface area contributed by atoms with Crippen LogP contribution in [0.1, 0.15) is 49.1 Å². The van der Waals surface area contributed by atoms with Gasteiger partial charge in [0.05, 0.1) is 0 Å². The second-order valence-corrected chi connectivity index (χ2v) is 6.94. The molecule has 0 spiro atoms. The fourth-order valence-electron chi connectivity index (χ4n) is 4.02. The Hall–Kier alpha value is -2.54. The fourth-order valence-corrected chi connectivity index (χ4v) is 4.02. The topological polar surface area (TPSA) is 26.0 Å². The summed E-state index contributed by atoms with van der Waals surface area (Å²) in [6.07, 6.45) is 23.4. The second-order valence-electron chi connectivity index (χ2n) is 6.94. The Morgan fingerprint density at radius 3 is 2.64 bits per heavy atom. The van der Waals surface area contributed by atoms with Crippen molar-refractivity contribution in [2.24, 2.45) is 5.73 Å². The SMILES string of the molecule is NC1=C(C2=CC=CCC2)C=CCC1c1ccccc1C1=CCCC=C1. The molecular weight excluding hydrogens is 302 g/mol. The van der Waals surface area contributed by atoms with Gasteiger partial charge in [-0.15, -0.1) is 0 Å². The highest BCUT2D eigenvalue weighted by Gasteiger charge is 2.24. The number of hydrogen-bond acceptors (Lipinski definition) is 1. The smallest absolute Gasteiger partial charge is 0.0282 e. The van der Waals surface area contributed by atoms with E-state index in [2.05, 4.69) is 72.9 Å². The van der Waals surface area contributed by atoms with Crippen LogP contribution in [0.2, 0.25) is 0 Å². The molecule has 1 nitrogen and oxygen atoms in total. The van der Waals surface area contributed by atoms with Gasteiger partial charge in [-0.3, -0.25) is 0 Å². The molecule has 1 atom stereocenters. The molecule has 0 amide bonds. The van der Waals surface area contributed by atoms with Gasteiger partial charge in [0.25, 0.3) is 0 Å². The van der Waals surface area contributed by atoms with Crippen molar-refractivity contribution in [2.75, 3.05) is 0 Å². The van der Waals surface area contributed by atoms with Gasteiger partial charge in [-0.2, -0.15) is 0 Å². The van der Waals surface area contributed by atoms with Gasteiger partial charge < -0.3 is 5.73 Å².